The van der Waals surface area contributed by atoms with Gasteiger partial charge in [0.25, 0.3) is 0 Å². The number of hydrogen-bond donors (Lipinski definition) is 1. The van der Waals surface area contributed by atoms with Crippen molar-refractivity contribution in [1.29, 1.82) is 0 Å². The Morgan fingerprint density at radius 2 is 2.20 bits per heavy atom. The fourth-order valence-electron chi connectivity index (χ4n) is 1.29. The van der Waals surface area contributed by atoms with Gasteiger partial charge in [0, 0.05) is 5.56 Å². The van der Waals surface area contributed by atoms with E-state index in [0.717, 1.165) is 5.56 Å². The van der Waals surface area contributed by atoms with Gasteiger partial charge in [-0.1, -0.05) is 17.7 Å². The summed E-state index contributed by atoms with van der Waals surface area (Å²) in [7, 11) is 0. The number of aryl methyl sites for hydroxylation is 1. The second kappa shape index (κ2) is 3.55. The lowest BCUT2D eigenvalue weighted by Gasteiger charge is -2.06. The SMILES string of the molecule is Cc1cnn(-c2cccc(Cl)c2F)c1N. The van der Waals surface area contributed by atoms with Crippen LogP contribution in [0.4, 0.5) is 10.2 Å². The first-order valence-corrected chi connectivity index (χ1v) is 4.73. The normalized spacial score (nSPS) is 10.6. The van der Waals surface area contributed by atoms with E-state index in [1.165, 1.54) is 10.7 Å². The number of halogens is 2. The van der Waals surface area contributed by atoms with Gasteiger partial charge in [0.15, 0.2) is 5.82 Å². The molecular formula is C10H9ClFN3. The summed E-state index contributed by atoms with van der Waals surface area (Å²) in [4.78, 5) is 0. The molecule has 0 saturated carbocycles. The molecule has 0 amide bonds. The predicted molar refractivity (Wildman–Crippen MR) is 57.7 cm³/mol. The second-order valence-corrected chi connectivity index (χ2v) is 3.60. The third kappa shape index (κ3) is 1.57. The van der Waals surface area contributed by atoms with Gasteiger partial charge < -0.3 is 5.73 Å². The lowest BCUT2D eigenvalue weighted by molar-refractivity contribution is 0.612. The Balaban J connectivity index is 2.64. The highest BCUT2D eigenvalue weighted by Crippen LogP contribution is 2.23. The molecule has 0 aliphatic carbocycles. The number of nitrogens with two attached hydrogens (primary N) is 1. The van der Waals surface area contributed by atoms with E-state index < -0.39 is 5.82 Å². The largest absolute Gasteiger partial charge is 0.383 e. The van der Waals surface area contributed by atoms with Crippen LogP contribution >= 0.6 is 11.6 Å². The summed E-state index contributed by atoms with van der Waals surface area (Å²) in [6.07, 6.45) is 1.58. The molecule has 3 nitrogen and oxygen atoms in total. The maximum Gasteiger partial charge on any atom is 0.167 e. The van der Waals surface area contributed by atoms with Gasteiger partial charge in [0.05, 0.1) is 11.2 Å². The Bertz CT molecular complexity index is 507. The maximum atomic E-state index is 13.6. The summed E-state index contributed by atoms with van der Waals surface area (Å²) in [5.41, 5.74) is 6.80. The van der Waals surface area contributed by atoms with Gasteiger partial charge in [-0.3, -0.25) is 0 Å². The molecule has 78 valence electrons. The van der Waals surface area contributed by atoms with E-state index in [4.69, 9.17) is 17.3 Å². The van der Waals surface area contributed by atoms with E-state index in [-0.39, 0.29) is 10.7 Å². The van der Waals surface area contributed by atoms with Crippen LogP contribution in [0.25, 0.3) is 5.69 Å². The van der Waals surface area contributed by atoms with E-state index in [1.54, 1.807) is 25.3 Å². The molecule has 2 rings (SSSR count). The van der Waals surface area contributed by atoms with Crippen LogP contribution in [-0.4, -0.2) is 9.78 Å². The highest BCUT2D eigenvalue weighted by molar-refractivity contribution is 6.30. The molecule has 0 aliphatic heterocycles. The van der Waals surface area contributed by atoms with Crippen molar-refractivity contribution in [3.8, 4) is 5.69 Å². The van der Waals surface area contributed by atoms with Gasteiger partial charge in [-0.25, -0.2) is 9.07 Å². The fraction of sp³-hybridized carbons (Fsp3) is 0.100. The number of hydrogen-bond acceptors (Lipinski definition) is 2. The molecule has 15 heavy (non-hydrogen) atoms. The number of aromatic nitrogens is 2. The minimum absolute atomic E-state index is 0.0556. The maximum absolute atomic E-state index is 13.6. The average Bonchev–Trinajstić information content (AvgIpc) is 2.53. The topological polar surface area (TPSA) is 43.8 Å². The van der Waals surface area contributed by atoms with Gasteiger partial charge in [0.2, 0.25) is 0 Å². The van der Waals surface area contributed by atoms with E-state index in [1.807, 2.05) is 0 Å². The first-order chi connectivity index (χ1) is 7.11. The number of anilines is 1. The monoisotopic (exact) mass is 225 g/mol. The average molecular weight is 226 g/mol. The zero-order valence-electron chi connectivity index (χ0n) is 8.04. The molecule has 2 aromatic rings. The smallest absolute Gasteiger partial charge is 0.167 e. The second-order valence-electron chi connectivity index (χ2n) is 3.20. The third-order valence-electron chi connectivity index (χ3n) is 2.16. The van der Waals surface area contributed by atoms with E-state index in [0.29, 0.717) is 5.82 Å². The number of rotatable bonds is 1. The van der Waals surface area contributed by atoms with Crippen molar-refractivity contribution in [3.63, 3.8) is 0 Å². The van der Waals surface area contributed by atoms with Crippen molar-refractivity contribution in [2.24, 2.45) is 0 Å². The van der Waals surface area contributed by atoms with Gasteiger partial charge in [-0.2, -0.15) is 5.10 Å². The highest BCUT2D eigenvalue weighted by atomic mass is 35.5. The molecule has 0 bridgehead atoms. The molecule has 0 saturated heterocycles. The molecule has 0 atom stereocenters. The molecular weight excluding hydrogens is 217 g/mol. The van der Waals surface area contributed by atoms with Crippen LogP contribution in [0.3, 0.4) is 0 Å². The molecule has 1 aromatic heterocycles. The Hall–Kier alpha value is -1.55. The number of benzene rings is 1. The summed E-state index contributed by atoms with van der Waals surface area (Å²) in [6, 6.07) is 4.70. The highest BCUT2D eigenvalue weighted by Gasteiger charge is 2.12. The van der Waals surface area contributed by atoms with Crippen molar-refractivity contribution in [2.45, 2.75) is 6.92 Å². The van der Waals surface area contributed by atoms with Gasteiger partial charge in [-0.15, -0.1) is 0 Å². The predicted octanol–water partition coefficient (Wildman–Crippen LogP) is 2.56. The van der Waals surface area contributed by atoms with Crippen molar-refractivity contribution in [1.82, 2.24) is 9.78 Å². The summed E-state index contributed by atoms with van der Waals surface area (Å²) in [5.74, 6) is -0.106. The van der Waals surface area contributed by atoms with Crippen molar-refractivity contribution in [2.75, 3.05) is 5.73 Å². The Labute approximate surface area is 91.3 Å². The van der Waals surface area contributed by atoms with Crippen LogP contribution in [-0.2, 0) is 0 Å². The van der Waals surface area contributed by atoms with Crippen molar-refractivity contribution in [3.05, 3.63) is 40.8 Å². The zero-order valence-corrected chi connectivity index (χ0v) is 8.79. The molecule has 0 radical (unpaired) electrons. The van der Waals surface area contributed by atoms with Crippen LogP contribution in [0.5, 0.6) is 0 Å². The molecule has 0 unspecified atom stereocenters. The molecule has 5 heteroatoms. The first-order valence-electron chi connectivity index (χ1n) is 4.35. The molecule has 0 aliphatic rings. The van der Waals surface area contributed by atoms with Crippen LogP contribution in [0, 0.1) is 12.7 Å². The summed E-state index contributed by atoms with van der Waals surface area (Å²) < 4.78 is 15.0. The Morgan fingerprint density at radius 3 is 2.80 bits per heavy atom. The molecule has 0 spiro atoms. The fourth-order valence-corrected chi connectivity index (χ4v) is 1.46. The standard InChI is InChI=1S/C10H9ClFN3/c1-6-5-14-15(10(6)13)8-4-2-3-7(11)9(8)12/h2-5H,13H2,1H3. The lowest BCUT2D eigenvalue weighted by atomic mass is 10.3. The lowest BCUT2D eigenvalue weighted by Crippen LogP contribution is -2.04. The number of nitrogen functional groups attached to an aromatic ring is 1. The molecule has 1 heterocycles. The van der Waals surface area contributed by atoms with Crippen LogP contribution in [0.15, 0.2) is 24.4 Å². The summed E-state index contributed by atoms with van der Waals surface area (Å²) >= 11 is 5.67. The summed E-state index contributed by atoms with van der Waals surface area (Å²) in [6.45, 7) is 1.81. The van der Waals surface area contributed by atoms with E-state index in [2.05, 4.69) is 5.10 Å². The Morgan fingerprint density at radius 1 is 1.47 bits per heavy atom. The summed E-state index contributed by atoms with van der Waals surface area (Å²) in [5, 5.41) is 4.04. The van der Waals surface area contributed by atoms with Crippen molar-refractivity contribution < 1.29 is 4.39 Å². The van der Waals surface area contributed by atoms with E-state index >= 15 is 0 Å². The van der Waals surface area contributed by atoms with Crippen molar-refractivity contribution >= 4 is 17.4 Å². The van der Waals surface area contributed by atoms with Crippen LogP contribution in [0.1, 0.15) is 5.56 Å². The third-order valence-corrected chi connectivity index (χ3v) is 2.45. The molecule has 1 aromatic carbocycles. The zero-order chi connectivity index (χ0) is 11.0. The van der Waals surface area contributed by atoms with Gasteiger partial charge in [-0.05, 0) is 19.1 Å². The molecule has 0 fully saturated rings. The number of nitrogens with zero attached hydrogens (tertiary/aromatic N) is 2. The minimum Gasteiger partial charge on any atom is -0.383 e. The van der Waals surface area contributed by atoms with Gasteiger partial charge in [0.1, 0.15) is 11.5 Å². The Kier molecular flexibility index (Phi) is 2.36. The first kappa shape index (κ1) is 9.98. The van der Waals surface area contributed by atoms with Crippen LogP contribution in [0.2, 0.25) is 5.02 Å². The quantitative estimate of drug-likeness (QED) is 0.811. The van der Waals surface area contributed by atoms with E-state index in [9.17, 15) is 4.39 Å². The van der Waals surface area contributed by atoms with Crippen LogP contribution < -0.4 is 5.73 Å². The van der Waals surface area contributed by atoms with Gasteiger partial charge >= 0.3 is 0 Å². The molecule has 2 N–H and O–H groups in total. The minimum atomic E-state index is -0.519.